The summed E-state index contributed by atoms with van der Waals surface area (Å²) < 4.78 is 31.9. The Labute approximate surface area is 203 Å². The quantitative estimate of drug-likeness (QED) is 0.119. The smallest absolute Gasteiger partial charge is 0.362 e. The van der Waals surface area contributed by atoms with Crippen molar-refractivity contribution in [3.63, 3.8) is 0 Å². The van der Waals surface area contributed by atoms with Gasteiger partial charge in [0.2, 0.25) is 5.60 Å². The number of carbonyl (C=O) groups is 3. The Morgan fingerprint density at radius 2 is 2.06 bits per heavy atom. The summed E-state index contributed by atoms with van der Waals surface area (Å²) in [5.41, 5.74) is 8.65. The topological polar surface area (TPSA) is 218 Å². The number of hydrogen-bond acceptors (Lipinski definition) is 12. The van der Waals surface area contributed by atoms with Crippen LogP contribution in [0.25, 0.3) is 0 Å². The lowest BCUT2D eigenvalue weighted by Gasteiger charge is -2.42. The van der Waals surface area contributed by atoms with Crippen LogP contribution < -0.4 is 21.9 Å². The first-order chi connectivity index (χ1) is 16.3. The molecule has 35 heavy (non-hydrogen) atoms. The van der Waals surface area contributed by atoms with E-state index in [0.717, 1.165) is 11.3 Å². The third-order valence-corrected chi connectivity index (χ3v) is 6.41. The van der Waals surface area contributed by atoms with Crippen LogP contribution >= 0.6 is 11.3 Å². The summed E-state index contributed by atoms with van der Waals surface area (Å²) in [7, 11) is -4.77. The summed E-state index contributed by atoms with van der Waals surface area (Å²) >= 11 is 1.01. The van der Waals surface area contributed by atoms with E-state index in [1.807, 2.05) is 0 Å². The third-order valence-electron chi connectivity index (χ3n) is 4.73. The van der Waals surface area contributed by atoms with E-state index in [1.54, 1.807) is 18.2 Å². The van der Waals surface area contributed by atoms with Crippen LogP contribution in [0.1, 0.15) is 26.5 Å². The Morgan fingerprint density at radius 3 is 2.60 bits per heavy atom. The number of aromatic nitrogens is 2. The van der Waals surface area contributed by atoms with Gasteiger partial charge in [0.1, 0.15) is 17.6 Å². The molecule has 1 aliphatic heterocycles. The number of nitrogen functional groups attached to an aromatic ring is 1. The lowest BCUT2D eigenvalue weighted by molar-refractivity contribution is -0.144. The molecule has 188 valence electrons. The SMILES string of the molecule is C[C@H]1[C@H](NC(=O)/C(=N\OC(C)(C)C(=O)NNc2ccccn2)c2csc(N)n2)C(=O)N1S(=O)(=O)O. The molecule has 15 nitrogen and oxygen atoms in total. The van der Waals surface area contributed by atoms with Gasteiger partial charge in [-0.15, -0.1) is 11.3 Å². The molecule has 1 saturated heterocycles. The number of nitrogens with two attached hydrogens (primary N) is 1. The number of thiazole rings is 1. The van der Waals surface area contributed by atoms with E-state index in [9.17, 15) is 22.8 Å². The number of hydrogen-bond donors (Lipinski definition) is 5. The second-order valence-corrected chi connectivity index (χ2v) is 9.89. The van der Waals surface area contributed by atoms with Gasteiger partial charge in [0.15, 0.2) is 10.8 Å². The van der Waals surface area contributed by atoms with Crippen molar-refractivity contribution in [1.29, 1.82) is 0 Å². The molecular formula is C18H22N8O7S2. The Morgan fingerprint density at radius 1 is 1.34 bits per heavy atom. The van der Waals surface area contributed by atoms with Crippen LogP contribution in [0.5, 0.6) is 0 Å². The van der Waals surface area contributed by atoms with Gasteiger partial charge >= 0.3 is 10.3 Å². The van der Waals surface area contributed by atoms with Crippen molar-refractivity contribution >= 4 is 56.0 Å². The number of carbonyl (C=O) groups excluding carboxylic acids is 3. The molecule has 0 aromatic carbocycles. The lowest BCUT2D eigenvalue weighted by atomic mass is 10.0. The van der Waals surface area contributed by atoms with Gasteiger partial charge in [-0.25, -0.2) is 14.3 Å². The number of rotatable bonds is 9. The molecule has 3 amide bonds. The molecule has 0 unspecified atom stereocenters. The van der Waals surface area contributed by atoms with E-state index in [0.29, 0.717) is 5.82 Å². The number of amides is 3. The minimum atomic E-state index is -4.77. The summed E-state index contributed by atoms with van der Waals surface area (Å²) in [5.74, 6) is -2.27. The number of oxime groups is 1. The Hall–Kier alpha value is -3.83. The van der Waals surface area contributed by atoms with Gasteiger partial charge in [0.05, 0.1) is 6.04 Å². The number of β-lactam (4-membered cyclic amide) rings is 1. The van der Waals surface area contributed by atoms with Crippen LogP contribution in [0.3, 0.4) is 0 Å². The Balaban J connectivity index is 1.74. The third kappa shape index (κ3) is 5.81. The van der Waals surface area contributed by atoms with Gasteiger partial charge in [0.25, 0.3) is 17.7 Å². The van der Waals surface area contributed by atoms with Crippen molar-refractivity contribution in [2.75, 3.05) is 11.2 Å². The highest BCUT2D eigenvalue weighted by molar-refractivity contribution is 7.84. The van der Waals surface area contributed by atoms with E-state index in [1.165, 1.54) is 32.3 Å². The minimum absolute atomic E-state index is 0.00104. The largest absolute Gasteiger partial charge is 0.379 e. The summed E-state index contributed by atoms with van der Waals surface area (Å²) in [6.07, 6.45) is 1.52. The van der Waals surface area contributed by atoms with Crippen LogP contribution in [0.15, 0.2) is 34.9 Å². The minimum Gasteiger partial charge on any atom is -0.379 e. The van der Waals surface area contributed by atoms with Crippen molar-refractivity contribution in [3.05, 3.63) is 35.5 Å². The number of anilines is 2. The first-order valence-electron chi connectivity index (χ1n) is 9.88. The molecular weight excluding hydrogens is 504 g/mol. The molecule has 2 aromatic heterocycles. The highest BCUT2D eigenvalue weighted by atomic mass is 32.2. The van der Waals surface area contributed by atoms with E-state index in [2.05, 4.69) is 31.3 Å². The fourth-order valence-corrected chi connectivity index (χ4v) is 4.25. The first-order valence-corrected chi connectivity index (χ1v) is 12.2. The second-order valence-electron chi connectivity index (χ2n) is 7.71. The standard InChI is InChI=1S/C18H22N8O7S2/c1-9-12(15(28)26(9)35(30,31)32)22-14(27)13(10-8-34-17(19)21-10)25-33-18(2,3)16(29)24-23-11-6-4-5-7-20-11/h4-9,12H,1-3H3,(H2,19,21)(H,20,23)(H,22,27)(H,24,29)(H,30,31,32)/b25-13-/t9-,12-/m0/s1. The molecule has 1 aliphatic rings. The highest BCUT2D eigenvalue weighted by Crippen LogP contribution is 2.23. The van der Waals surface area contributed by atoms with Gasteiger partial charge in [-0.3, -0.25) is 29.8 Å². The molecule has 17 heteroatoms. The zero-order chi connectivity index (χ0) is 26.0. The molecule has 2 atom stereocenters. The maximum atomic E-state index is 12.9. The number of hydrazine groups is 1. The van der Waals surface area contributed by atoms with Crippen LogP contribution in [0, 0.1) is 0 Å². The average molecular weight is 527 g/mol. The van der Waals surface area contributed by atoms with Gasteiger partial charge in [-0.1, -0.05) is 11.2 Å². The summed E-state index contributed by atoms with van der Waals surface area (Å²) in [4.78, 5) is 50.9. The maximum Gasteiger partial charge on any atom is 0.362 e. The zero-order valence-corrected chi connectivity index (χ0v) is 20.3. The second kappa shape index (κ2) is 9.80. The van der Waals surface area contributed by atoms with Crippen molar-refractivity contribution in [2.45, 2.75) is 38.5 Å². The van der Waals surface area contributed by atoms with E-state index >= 15 is 0 Å². The van der Waals surface area contributed by atoms with Gasteiger partial charge in [-0.05, 0) is 32.9 Å². The van der Waals surface area contributed by atoms with Crippen molar-refractivity contribution in [2.24, 2.45) is 5.16 Å². The van der Waals surface area contributed by atoms with Gasteiger partial charge < -0.3 is 15.9 Å². The summed E-state index contributed by atoms with van der Waals surface area (Å²) in [6, 6.07) is 2.71. The zero-order valence-electron chi connectivity index (χ0n) is 18.6. The van der Waals surface area contributed by atoms with Gasteiger partial charge in [0, 0.05) is 11.6 Å². The Kier molecular flexibility index (Phi) is 7.22. The number of nitrogens with zero attached hydrogens (tertiary/aromatic N) is 4. The van der Waals surface area contributed by atoms with Crippen molar-refractivity contribution in [3.8, 4) is 0 Å². The molecule has 0 bridgehead atoms. The average Bonchev–Trinajstić information content (AvgIpc) is 3.21. The summed E-state index contributed by atoms with van der Waals surface area (Å²) in [6.45, 7) is 4.09. The lowest BCUT2D eigenvalue weighted by Crippen LogP contribution is -2.71. The fraction of sp³-hybridized carbons (Fsp3) is 0.333. The summed E-state index contributed by atoms with van der Waals surface area (Å²) in [5, 5.41) is 7.62. The molecule has 6 N–H and O–H groups in total. The highest BCUT2D eigenvalue weighted by Gasteiger charge is 2.51. The van der Waals surface area contributed by atoms with E-state index in [4.69, 9.17) is 15.1 Å². The van der Waals surface area contributed by atoms with Gasteiger partial charge in [-0.2, -0.15) is 8.42 Å². The predicted molar refractivity (Wildman–Crippen MR) is 124 cm³/mol. The number of pyridine rings is 1. The molecule has 0 aliphatic carbocycles. The monoisotopic (exact) mass is 526 g/mol. The van der Waals surface area contributed by atoms with E-state index in [-0.39, 0.29) is 15.1 Å². The molecule has 0 saturated carbocycles. The predicted octanol–water partition coefficient (Wildman–Crippen LogP) is -0.719. The molecule has 1 fully saturated rings. The van der Waals surface area contributed by atoms with Crippen LogP contribution in [0.2, 0.25) is 0 Å². The van der Waals surface area contributed by atoms with Crippen LogP contribution in [-0.4, -0.2) is 68.4 Å². The normalized spacial score (nSPS) is 18.5. The van der Waals surface area contributed by atoms with Crippen molar-refractivity contribution < 1.29 is 32.2 Å². The number of nitrogens with one attached hydrogen (secondary N) is 3. The Bertz CT molecular complexity index is 1260. The van der Waals surface area contributed by atoms with Crippen LogP contribution in [0.4, 0.5) is 10.9 Å². The first kappa shape index (κ1) is 25.8. The fourth-order valence-electron chi connectivity index (χ4n) is 2.82. The van der Waals surface area contributed by atoms with Crippen molar-refractivity contribution in [1.82, 2.24) is 25.0 Å². The van der Waals surface area contributed by atoms with Crippen LogP contribution in [-0.2, 0) is 29.5 Å². The molecule has 2 aromatic rings. The molecule has 3 heterocycles. The maximum absolute atomic E-state index is 12.9. The molecule has 0 spiro atoms. The molecule has 0 radical (unpaired) electrons. The molecule has 3 rings (SSSR count). The van der Waals surface area contributed by atoms with E-state index < -0.39 is 51.4 Å².